The van der Waals surface area contributed by atoms with Gasteiger partial charge in [-0.1, -0.05) is 0 Å². The summed E-state index contributed by atoms with van der Waals surface area (Å²) < 4.78 is 5.64. The molecule has 1 aromatic rings. The van der Waals surface area contributed by atoms with Gasteiger partial charge in [0.2, 0.25) is 0 Å². The molecule has 0 saturated carbocycles. The molecule has 1 rings (SSSR count). The molecular weight excluding hydrogens is 270 g/mol. The molecule has 14 heavy (non-hydrogen) atoms. The van der Waals surface area contributed by atoms with Crippen LogP contribution in [0.25, 0.3) is 0 Å². The highest BCUT2D eigenvalue weighted by Gasteiger charge is 2.02. The SMILES string of the molecule is O=C(NCc1ccc(Br)s1)OCCO. The highest BCUT2D eigenvalue weighted by molar-refractivity contribution is 9.11. The van der Waals surface area contributed by atoms with Gasteiger partial charge in [-0.15, -0.1) is 11.3 Å². The third-order valence-corrected chi connectivity index (χ3v) is 2.98. The molecule has 0 radical (unpaired) electrons. The van der Waals surface area contributed by atoms with Gasteiger partial charge in [-0.25, -0.2) is 4.79 Å². The number of carbonyl (C=O) groups excluding carboxylic acids is 1. The average Bonchev–Trinajstić information content (AvgIpc) is 2.58. The fourth-order valence-corrected chi connectivity index (χ4v) is 2.22. The Morgan fingerprint density at radius 3 is 3.00 bits per heavy atom. The highest BCUT2D eigenvalue weighted by atomic mass is 79.9. The summed E-state index contributed by atoms with van der Waals surface area (Å²) in [5, 5.41) is 11.0. The zero-order valence-electron chi connectivity index (χ0n) is 7.33. The molecule has 0 saturated heterocycles. The van der Waals surface area contributed by atoms with E-state index >= 15 is 0 Å². The number of nitrogens with one attached hydrogen (secondary N) is 1. The van der Waals surface area contributed by atoms with Crippen LogP contribution in [0.15, 0.2) is 15.9 Å². The van der Waals surface area contributed by atoms with E-state index in [2.05, 4.69) is 26.0 Å². The van der Waals surface area contributed by atoms with Gasteiger partial charge in [0.05, 0.1) is 16.9 Å². The van der Waals surface area contributed by atoms with Crippen molar-refractivity contribution in [2.24, 2.45) is 0 Å². The Kier molecular flexibility index (Phi) is 4.92. The Morgan fingerprint density at radius 1 is 1.64 bits per heavy atom. The number of aliphatic hydroxyl groups is 1. The van der Waals surface area contributed by atoms with Gasteiger partial charge in [0.15, 0.2) is 0 Å². The van der Waals surface area contributed by atoms with Gasteiger partial charge < -0.3 is 15.2 Å². The summed E-state index contributed by atoms with van der Waals surface area (Å²) in [5.41, 5.74) is 0. The molecule has 1 heterocycles. The van der Waals surface area contributed by atoms with E-state index < -0.39 is 6.09 Å². The van der Waals surface area contributed by atoms with Gasteiger partial charge in [0, 0.05) is 4.88 Å². The molecule has 0 spiro atoms. The highest BCUT2D eigenvalue weighted by Crippen LogP contribution is 2.21. The second kappa shape index (κ2) is 6.00. The first-order valence-corrected chi connectivity index (χ1v) is 5.59. The van der Waals surface area contributed by atoms with Crippen molar-refractivity contribution in [3.8, 4) is 0 Å². The number of hydrogen-bond acceptors (Lipinski definition) is 4. The topological polar surface area (TPSA) is 58.6 Å². The molecule has 6 heteroatoms. The molecule has 0 unspecified atom stereocenters. The van der Waals surface area contributed by atoms with Crippen LogP contribution in [0.3, 0.4) is 0 Å². The van der Waals surface area contributed by atoms with Gasteiger partial charge in [-0.2, -0.15) is 0 Å². The molecule has 0 aromatic carbocycles. The van der Waals surface area contributed by atoms with E-state index in [0.29, 0.717) is 6.54 Å². The lowest BCUT2D eigenvalue weighted by Gasteiger charge is -2.03. The van der Waals surface area contributed by atoms with E-state index in [1.54, 1.807) is 11.3 Å². The molecule has 0 aliphatic heterocycles. The quantitative estimate of drug-likeness (QED) is 0.883. The van der Waals surface area contributed by atoms with Crippen LogP contribution < -0.4 is 5.32 Å². The second-order valence-corrected chi connectivity index (χ2v) is 4.97. The number of ether oxygens (including phenoxy) is 1. The van der Waals surface area contributed by atoms with Crippen LogP contribution in [-0.2, 0) is 11.3 Å². The molecule has 0 aliphatic rings. The summed E-state index contributed by atoms with van der Waals surface area (Å²) in [5.74, 6) is 0. The van der Waals surface area contributed by atoms with Crippen molar-refractivity contribution < 1.29 is 14.6 Å². The van der Waals surface area contributed by atoms with Crippen LogP contribution in [0.4, 0.5) is 4.79 Å². The maximum atomic E-state index is 10.9. The van der Waals surface area contributed by atoms with Crippen molar-refractivity contribution in [2.45, 2.75) is 6.54 Å². The van der Waals surface area contributed by atoms with E-state index in [1.807, 2.05) is 12.1 Å². The van der Waals surface area contributed by atoms with Crippen LogP contribution in [0, 0.1) is 0 Å². The minimum absolute atomic E-state index is 0.0277. The fraction of sp³-hybridized carbons (Fsp3) is 0.375. The van der Waals surface area contributed by atoms with Crippen molar-refractivity contribution >= 4 is 33.4 Å². The lowest BCUT2D eigenvalue weighted by molar-refractivity contribution is 0.119. The van der Waals surface area contributed by atoms with Crippen molar-refractivity contribution in [3.05, 3.63) is 20.8 Å². The normalized spacial score (nSPS) is 9.86. The first kappa shape index (κ1) is 11.5. The maximum Gasteiger partial charge on any atom is 0.407 e. The van der Waals surface area contributed by atoms with Crippen LogP contribution in [0.2, 0.25) is 0 Å². The van der Waals surface area contributed by atoms with E-state index in [9.17, 15) is 4.79 Å². The summed E-state index contributed by atoms with van der Waals surface area (Å²) in [4.78, 5) is 12.0. The van der Waals surface area contributed by atoms with Crippen molar-refractivity contribution in [2.75, 3.05) is 13.2 Å². The summed E-state index contributed by atoms with van der Waals surface area (Å²) in [6, 6.07) is 3.84. The van der Waals surface area contributed by atoms with Crippen molar-refractivity contribution in [3.63, 3.8) is 0 Å². The predicted molar refractivity (Wildman–Crippen MR) is 57.3 cm³/mol. The Labute approximate surface area is 94.0 Å². The zero-order chi connectivity index (χ0) is 10.4. The largest absolute Gasteiger partial charge is 0.447 e. The van der Waals surface area contributed by atoms with Crippen LogP contribution in [-0.4, -0.2) is 24.4 Å². The zero-order valence-corrected chi connectivity index (χ0v) is 9.73. The number of carbonyl (C=O) groups is 1. The lowest BCUT2D eigenvalue weighted by atomic mass is 10.5. The smallest absolute Gasteiger partial charge is 0.407 e. The lowest BCUT2D eigenvalue weighted by Crippen LogP contribution is -2.24. The first-order chi connectivity index (χ1) is 6.72. The molecule has 0 bridgehead atoms. The number of thiophene rings is 1. The summed E-state index contributed by atoms with van der Waals surface area (Å²) in [6.45, 7) is 0.318. The Balaban J connectivity index is 2.23. The standard InChI is InChI=1S/C8H10BrNO3S/c9-7-2-1-6(14-7)5-10-8(12)13-4-3-11/h1-2,11H,3-5H2,(H,10,12). The van der Waals surface area contributed by atoms with Crippen molar-refractivity contribution in [1.29, 1.82) is 0 Å². The second-order valence-electron chi connectivity index (χ2n) is 2.42. The van der Waals surface area contributed by atoms with Gasteiger partial charge in [0.25, 0.3) is 0 Å². The number of aliphatic hydroxyl groups excluding tert-OH is 1. The molecule has 2 N–H and O–H groups in total. The minimum atomic E-state index is -0.511. The first-order valence-electron chi connectivity index (χ1n) is 3.98. The summed E-state index contributed by atoms with van der Waals surface area (Å²) >= 11 is 4.87. The summed E-state index contributed by atoms with van der Waals surface area (Å²) in [7, 11) is 0. The number of alkyl carbamates (subject to hydrolysis) is 1. The molecular formula is C8H10BrNO3S. The molecule has 4 nitrogen and oxygen atoms in total. The van der Waals surface area contributed by atoms with Gasteiger partial charge >= 0.3 is 6.09 Å². The number of amides is 1. The fourth-order valence-electron chi connectivity index (χ4n) is 0.795. The average molecular weight is 280 g/mol. The number of rotatable bonds is 4. The van der Waals surface area contributed by atoms with Crippen molar-refractivity contribution in [1.82, 2.24) is 5.32 Å². The van der Waals surface area contributed by atoms with Gasteiger partial charge in [-0.3, -0.25) is 0 Å². The van der Waals surface area contributed by atoms with E-state index in [-0.39, 0.29) is 13.2 Å². The molecule has 0 aliphatic carbocycles. The monoisotopic (exact) mass is 279 g/mol. The molecule has 1 aromatic heterocycles. The molecule has 78 valence electrons. The third-order valence-electron chi connectivity index (χ3n) is 1.36. The number of halogens is 1. The Hall–Kier alpha value is -0.590. The van der Waals surface area contributed by atoms with E-state index in [4.69, 9.17) is 5.11 Å². The Bertz CT molecular complexity index is 303. The van der Waals surface area contributed by atoms with Crippen LogP contribution in [0.5, 0.6) is 0 Å². The van der Waals surface area contributed by atoms with Crippen LogP contribution >= 0.6 is 27.3 Å². The van der Waals surface area contributed by atoms with Gasteiger partial charge in [-0.05, 0) is 28.1 Å². The van der Waals surface area contributed by atoms with Crippen LogP contribution in [0.1, 0.15) is 4.88 Å². The predicted octanol–water partition coefficient (Wildman–Crippen LogP) is 1.73. The maximum absolute atomic E-state index is 10.9. The van der Waals surface area contributed by atoms with Gasteiger partial charge in [0.1, 0.15) is 6.61 Å². The van der Waals surface area contributed by atoms with E-state index in [1.165, 1.54) is 0 Å². The molecule has 0 atom stereocenters. The third kappa shape index (κ3) is 4.08. The van der Waals surface area contributed by atoms with E-state index in [0.717, 1.165) is 8.66 Å². The minimum Gasteiger partial charge on any atom is -0.447 e. The summed E-state index contributed by atoms with van der Waals surface area (Å²) in [6.07, 6.45) is -0.511. The Morgan fingerprint density at radius 2 is 2.43 bits per heavy atom. The number of hydrogen-bond donors (Lipinski definition) is 2. The molecule has 0 fully saturated rings. The molecule has 1 amide bonds.